The molecule has 5 nitrogen and oxygen atoms in total. The van der Waals surface area contributed by atoms with E-state index in [0.717, 1.165) is 47.8 Å². The van der Waals surface area contributed by atoms with Crippen LogP contribution in [0.4, 0.5) is 10.1 Å². The van der Waals surface area contributed by atoms with Crippen molar-refractivity contribution in [1.29, 1.82) is 0 Å². The molecular weight excluding hydrogens is 427 g/mol. The van der Waals surface area contributed by atoms with Crippen LogP contribution in [0.1, 0.15) is 43.7 Å². The molecule has 1 amide bonds. The molecule has 6 rings (SSSR count). The second kappa shape index (κ2) is 8.05. The summed E-state index contributed by atoms with van der Waals surface area (Å²) in [5, 5.41) is 4.18. The van der Waals surface area contributed by atoms with Gasteiger partial charge >= 0.3 is 0 Å². The van der Waals surface area contributed by atoms with E-state index in [0.29, 0.717) is 11.6 Å². The minimum absolute atomic E-state index is 0.123. The number of fused-ring (bicyclic) bond motifs is 2. The quantitative estimate of drug-likeness (QED) is 0.558. The van der Waals surface area contributed by atoms with Crippen molar-refractivity contribution in [2.75, 3.05) is 18.0 Å². The van der Waals surface area contributed by atoms with Gasteiger partial charge in [0.2, 0.25) is 5.91 Å². The molecule has 176 valence electrons. The van der Waals surface area contributed by atoms with Crippen LogP contribution in [0.15, 0.2) is 54.9 Å². The van der Waals surface area contributed by atoms with Gasteiger partial charge in [-0.1, -0.05) is 37.3 Å². The molecule has 34 heavy (non-hydrogen) atoms. The maximum absolute atomic E-state index is 15.2. The molecule has 1 aliphatic carbocycles. The van der Waals surface area contributed by atoms with Crippen molar-refractivity contribution >= 4 is 11.6 Å². The lowest BCUT2D eigenvalue weighted by atomic mass is 9.81. The molecule has 0 radical (unpaired) electrons. The molecule has 1 aromatic heterocycles. The monoisotopic (exact) mass is 458 g/mol. The molecule has 3 atom stereocenters. The normalized spacial score (nSPS) is 26.7. The Labute approximate surface area is 200 Å². The first-order chi connectivity index (χ1) is 16.4. The van der Waals surface area contributed by atoms with Crippen LogP contribution in [0.3, 0.4) is 0 Å². The van der Waals surface area contributed by atoms with Gasteiger partial charge in [0.25, 0.3) is 0 Å². The van der Waals surface area contributed by atoms with Crippen LogP contribution in [0.25, 0.3) is 11.1 Å². The zero-order chi connectivity index (χ0) is 23.4. The lowest BCUT2D eigenvalue weighted by Gasteiger charge is -2.28. The number of halogens is 1. The molecule has 3 unspecified atom stereocenters. The van der Waals surface area contributed by atoms with Gasteiger partial charge in [-0.25, -0.2) is 4.39 Å². The Bertz CT molecular complexity index is 1250. The van der Waals surface area contributed by atoms with E-state index in [1.165, 1.54) is 19.3 Å². The van der Waals surface area contributed by atoms with E-state index < -0.39 is 5.41 Å². The van der Waals surface area contributed by atoms with Crippen LogP contribution in [0.2, 0.25) is 0 Å². The number of benzene rings is 2. The number of hydrogen-bond donors (Lipinski definition) is 0. The molecule has 2 aliphatic heterocycles. The molecule has 1 spiro atoms. The van der Waals surface area contributed by atoms with Gasteiger partial charge in [0, 0.05) is 42.6 Å². The minimum atomic E-state index is -0.505. The highest BCUT2D eigenvalue weighted by Crippen LogP contribution is 2.49. The van der Waals surface area contributed by atoms with E-state index in [9.17, 15) is 4.79 Å². The molecule has 2 aromatic carbocycles. The number of aryl methyl sites for hydroxylation is 1. The number of carbonyl (C=O) groups excluding carboxylic acids is 1. The summed E-state index contributed by atoms with van der Waals surface area (Å²) in [4.78, 5) is 18.3. The van der Waals surface area contributed by atoms with Gasteiger partial charge in [0.05, 0.1) is 18.2 Å². The third-order valence-electron chi connectivity index (χ3n) is 8.27. The van der Waals surface area contributed by atoms with Crippen molar-refractivity contribution in [3.8, 4) is 11.1 Å². The highest BCUT2D eigenvalue weighted by Gasteiger charge is 2.55. The SMILES string of the molecule is CC1CCC(N2CCC3(C2)C(=O)N(Cc2ccc(-c4cnn(C)c4)cc2F)c2ccccc23)C1. The molecule has 1 saturated heterocycles. The van der Waals surface area contributed by atoms with Gasteiger partial charge in [-0.3, -0.25) is 14.4 Å². The van der Waals surface area contributed by atoms with Crippen molar-refractivity contribution in [2.24, 2.45) is 13.0 Å². The third-order valence-corrected chi connectivity index (χ3v) is 8.27. The lowest BCUT2D eigenvalue weighted by molar-refractivity contribution is -0.123. The summed E-state index contributed by atoms with van der Waals surface area (Å²) in [6, 6.07) is 14.0. The predicted molar refractivity (Wildman–Crippen MR) is 131 cm³/mol. The van der Waals surface area contributed by atoms with Gasteiger partial charge in [-0.15, -0.1) is 0 Å². The summed E-state index contributed by atoms with van der Waals surface area (Å²) in [5.74, 6) is 0.598. The van der Waals surface area contributed by atoms with Crippen LogP contribution >= 0.6 is 0 Å². The molecule has 6 heteroatoms. The number of carbonyl (C=O) groups is 1. The van der Waals surface area contributed by atoms with Crippen molar-refractivity contribution < 1.29 is 9.18 Å². The van der Waals surface area contributed by atoms with Gasteiger partial charge in [0.1, 0.15) is 5.82 Å². The molecular formula is C28H31FN4O. The highest BCUT2D eigenvalue weighted by atomic mass is 19.1. The fraction of sp³-hybridized carbons (Fsp3) is 0.429. The highest BCUT2D eigenvalue weighted by molar-refractivity contribution is 6.08. The average Bonchev–Trinajstić information content (AvgIpc) is 3.61. The fourth-order valence-corrected chi connectivity index (χ4v) is 6.40. The van der Waals surface area contributed by atoms with E-state index in [1.807, 2.05) is 42.4 Å². The summed E-state index contributed by atoms with van der Waals surface area (Å²) in [7, 11) is 1.85. The largest absolute Gasteiger partial charge is 0.307 e. The van der Waals surface area contributed by atoms with Crippen LogP contribution in [0, 0.1) is 11.7 Å². The summed E-state index contributed by atoms with van der Waals surface area (Å²) in [5.41, 5.74) is 3.74. The average molecular weight is 459 g/mol. The molecule has 2 fully saturated rings. The maximum Gasteiger partial charge on any atom is 0.239 e. The minimum Gasteiger partial charge on any atom is -0.307 e. The van der Waals surface area contributed by atoms with E-state index >= 15 is 4.39 Å². The Morgan fingerprint density at radius 3 is 2.74 bits per heavy atom. The van der Waals surface area contributed by atoms with Gasteiger partial charge in [-0.05, 0) is 61.4 Å². The summed E-state index contributed by atoms with van der Waals surface area (Å²) >= 11 is 0. The number of hydrogen-bond acceptors (Lipinski definition) is 3. The molecule has 3 aromatic rings. The number of aromatic nitrogens is 2. The number of rotatable bonds is 4. The molecule has 3 aliphatic rings. The Morgan fingerprint density at radius 1 is 1.15 bits per heavy atom. The topological polar surface area (TPSA) is 41.4 Å². The van der Waals surface area contributed by atoms with E-state index in [4.69, 9.17) is 0 Å². The molecule has 0 N–H and O–H groups in total. The lowest BCUT2D eigenvalue weighted by Crippen LogP contribution is -2.43. The van der Waals surface area contributed by atoms with E-state index in [1.54, 1.807) is 23.0 Å². The number of anilines is 1. The van der Waals surface area contributed by atoms with Crippen LogP contribution in [0.5, 0.6) is 0 Å². The Balaban J connectivity index is 1.28. The Hall–Kier alpha value is -2.99. The van der Waals surface area contributed by atoms with Crippen molar-refractivity contribution in [1.82, 2.24) is 14.7 Å². The van der Waals surface area contributed by atoms with Crippen LogP contribution in [-0.2, 0) is 23.8 Å². The van der Waals surface area contributed by atoms with E-state index in [2.05, 4.69) is 23.0 Å². The second-order valence-electron chi connectivity index (χ2n) is 10.5. The third kappa shape index (κ3) is 3.38. The number of likely N-dealkylation sites (tertiary alicyclic amines) is 1. The number of amides is 1. The Kier molecular flexibility index (Phi) is 5.10. The van der Waals surface area contributed by atoms with Crippen LogP contribution in [-0.4, -0.2) is 39.7 Å². The van der Waals surface area contributed by atoms with Crippen molar-refractivity contribution in [3.63, 3.8) is 0 Å². The van der Waals surface area contributed by atoms with Crippen molar-refractivity contribution in [2.45, 2.75) is 50.6 Å². The summed E-state index contributed by atoms with van der Waals surface area (Å²) in [6.07, 6.45) is 8.17. The number of para-hydroxylation sites is 1. The first kappa shape index (κ1) is 21.5. The van der Waals surface area contributed by atoms with Crippen molar-refractivity contribution in [3.05, 3.63) is 71.8 Å². The first-order valence-electron chi connectivity index (χ1n) is 12.4. The fourth-order valence-electron chi connectivity index (χ4n) is 6.40. The standard InChI is InChI=1S/C28H31FN4O/c1-19-7-10-23(13-19)32-12-11-28(18-32)24-5-3-4-6-26(24)33(27(28)34)17-21-9-8-20(14-25(21)29)22-15-30-31(2)16-22/h3-6,8-9,14-16,19,23H,7,10-13,17-18H2,1-2H3. The molecule has 0 bridgehead atoms. The Morgan fingerprint density at radius 2 is 2.00 bits per heavy atom. The molecule has 3 heterocycles. The van der Waals surface area contributed by atoms with Gasteiger partial charge in [0.15, 0.2) is 0 Å². The summed E-state index contributed by atoms with van der Waals surface area (Å²) < 4.78 is 16.9. The number of nitrogens with zero attached hydrogens (tertiary/aromatic N) is 4. The maximum atomic E-state index is 15.2. The molecule has 1 saturated carbocycles. The van der Waals surface area contributed by atoms with Gasteiger partial charge in [-0.2, -0.15) is 5.10 Å². The summed E-state index contributed by atoms with van der Waals surface area (Å²) in [6.45, 7) is 4.31. The van der Waals surface area contributed by atoms with Crippen LogP contribution < -0.4 is 4.90 Å². The smallest absolute Gasteiger partial charge is 0.239 e. The first-order valence-corrected chi connectivity index (χ1v) is 12.4. The second-order valence-corrected chi connectivity index (χ2v) is 10.5. The zero-order valence-corrected chi connectivity index (χ0v) is 19.9. The predicted octanol–water partition coefficient (Wildman–Crippen LogP) is 4.91. The zero-order valence-electron chi connectivity index (χ0n) is 19.9. The van der Waals surface area contributed by atoms with E-state index in [-0.39, 0.29) is 18.3 Å². The van der Waals surface area contributed by atoms with Gasteiger partial charge < -0.3 is 4.90 Å².